The third-order valence-corrected chi connectivity index (χ3v) is 4.85. The van der Waals surface area contributed by atoms with E-state index in [-0.39, 0.29) is 5.91 Å². The van der Waals surface area contributed by atoms with E-state index in [1.165, 1.54) is 0 Å². The van der Waals surface area contributed by atoms with Crippen LogP contribution in [0.3, 0.4) is 0 Å². The van der Waals surface area contributed by atoms with Crippen molar-refractivity contribution in [2.24, 2.45) is 0 Å². The number of rotatable bonds is 11. The van der Waals surface area contributed by atoms with Gasteiger partial charge in [0.25, 0.3) is 0 Å². The zero-order valence-electron chi connectivity index (χ0n) is 16.1. The van der Waals surface area contributed by atoms with E-state index in [1.807, 2.05) is 42.5 Å². The lowest BCUT2D eigenvalue weighted by Crippen LogP contribution is -2.23. The Labute approximate surface area is 165 Å². The van der Waals surface area contributed by atoms with E-state index in [4.69, 9.17) is 14.2 Å². The molecule has 0 heterocycles. The average Bonchev–Trinajstić information content (AvgIpc) is 2.71. The van der Waals surface area contributed by atoms with E-state index < -0.39 is 0 Å². The van der Waals surface area contributed by atoms with Crippen molar-refractivity contribution in [3.8, 4) is 17.2 Å². The third kappa shape index (κ3) is 7.06. The van der Waals surface area contributed by atoms with Gasteiger partial charge < -0.3 is 19.5 Å². The fourth-order valence-corrected chi connectivity index (χ4v) is 3.23. The summed E-state index contributed by atoms with van der Waals surface area (Å²) in [6.07, 6.45) is 1.40. The van der Waals surface area contributed by atoms with Gasteiger partial charge in [-0.15, -0.1) is 11.8 Å². The molecule has 2 aromatic rings. The van der Waals surface area contributed by atoms with Gasteiger partial charge in [0.15, 0.2) is 11.5 Å². The molecule has 0 spiro atoms. The number of ether oxygens (including phenoxy) is 3. The van der Waals surface area contributed by atoms with Gasteiger partial charge in [0.1, 0.15) is 5.75 Å². The summed E-state index contributed by atoms with van der Waals surface area (Å²) < 4.78 is 16.2. The van der Waals surface area contributed by atoms with Gasteiger partial charge in [0, 0.05) is 23.6 Å². The average molecular weight is 390 g/mol. The van der Waals surface area contributed by atoms with Gasteiger partial charge in [-0.3, -0.25) is 4.79 Å². The Hall–Kier alpha value is -2.34. The molecule has 0 unspecified atom stereocenters. The first-order valence-electron chi connectivity index (χ1n) is 8.99. The number of carbonyl (C=O) groups is 1. The molecule has 2 aromatic carbocycles. The molecular weight excluding hydrogens is 362 g/mol. The Morgan fingerprint density at radius 1 is 1.04 bits per heavy atom. The molecule has 0 atom stereocenters. The van der Waals surface area contributed by atoms with Crippen molar-refractivity contribution in [1.82, 2.24) is 5.32 Å². The molecular formula is C21H27NO4S. The first-order valence-corrected chi connectivity index (χ1v) is 9.98. The van der Waals surface area contributed by atoms with Crippen LogP contribution in [-0.4, -0.2) is 32.5 Å². The van der Waals surface area contributed by atoms with Crippen molar-refractivity contribution in [2.75, 3.05) is 26.6 Å². The smallest absolute Gasteiger partial charge is 0.221 e. The number of thioether (sulfide) groups is 1. The fraction of sp³-hybridized carbons (Fsp3) is 0.381. The van der Waals surface area contributed by atoms with Crippen LogP contribution in [-0.2, 0) is 11.3 Å². The molecule has 1 N–H and O–H groups in total. The topological polar surface area (TPSA) is 56.8 Å². The third-order valence-electron chi connectivity index (χ3n) is 3.84. The molecule has 0 saturated carbocycles. The zero-order valence-corrected chi connectivity index (χ0v) is 16.9. The molecule has 27 heavy (non-hydrogen) atoms. The number of methoxy groups -OCH3 is 2. The molecule has 0 aliphatic rings. The highest BCUT2D eigenvalue weighted by Crippen LogP contribution is 2.28. The van der Waals surface area contributed by atoms with Crippen LogP contribution >= 0.6 is 11.8 Å². The van der Waals surface area contributed by atoms with Crippen molar-refractivity contribution in [1.29, 1.82) is 0 Å². The van der Waals surface area contributed by atoms with Crippen LogP contribution in [0.25, 0.3) is 0 Å². The minimum absolute atomic E-state index is 0.0290. The second kappa shape index (κ2) is 11.4. The molecule has 0 saturated heterocycles. The summed E-state index contributed by atoms with van der Waals surface area (Å²) in [6.45, 7) is 3.18. The molecule has 1 amide bonds. The summed E-state index contributed by atoms with van der Waals surface area (Å²) in [5.41, 5.74) is 0.979. The molecule has 0 fully saturated rings. The Balaban J connectivity index is 1.75. The summed E-state index contributed by atoms with van der Waals surface area (Å²) in [7, 11) is 3.26. The molecule has 5 nitrogen and oxygen atoms in total. The molecule has 6 heteroatoms. The lowest BCUT2D eigenvalue weighted by molar-refractivity contribution is -0.120. The first-order chi connectivity index (χ1) is 13.2. The number of hydrogen-bond acceptors (Lipinski definition) is 5. The highest BCUT2D eigenvalue weighted by molar-refractivity contribution is 7.99. The van der Waals surface area contributed by atoms with Gasteiger partial charge in [-0.05, 0) is 48.4 Å². The molecule has 0 aromatic heterocycles. The number of benzene rings is 2. The Morgan fingerprint density at radius 3 is 2.48 bits per heavy atom. The van der Waals surface area contributed by atoms with Crippen molar-refractivity contribution < 1.29 is 19.0 Å². The Morgan fingerprint density at radius 2 is 1.81 bits per heavy atom. The molecule has 146 valence electrons. The summed E-state index contributed by atoms with van der Waals surface area (Å²) >= 11 is 1.65. The van der Waals surface area contributed by atoms with E-state index in [0.717, 1.165) is 34.1 Å². The van der Waals surface area contributed by atoms with Gasteiger partial charge in [0.05, 0.1) is 20.8 Å². The molecule has 0 radical (unpaired) electrons. The van der Waals surface area contributed by atoms with Crippen molar-refractivity contribution in [3.05, 3.63) is 48.0 Å². The minimum atomic E-state index is 0.0290. The van der Waals surface area contributed by atoms with Crippen LogP contribution in [0.5, 0.6) is 17.2 Å². The van der Waals surface area contributed by atoms with Crippen LogP contribution in [0.4, 0.5) is 0 Å². The van der Waals surface area contributed by atoms with E-state index in [0.29, 0.717) is 25.3 Å². The van der Waals surface area contributed by atoms with Gasteiger partial charge >= 0.3 is 0 Å². The number of hydrogen-bond donors (Lipinski definition) is 1. The fourth-order valence-electron chi connectivity index (χ4n) is 2.38. The largest absolute Gasteiger partial charge is 0.497 e. The van der Waals surface area contributed by atoms with Gasteiger partial charge in [-0.2, -0.15) is 0 Å². The summed E-state index contributed by atoms with van der Waals surface area (Å²) in [5, 5.41) is 2.95. The van der Waals surface area contributed by atoms with Crippen molar-refractivity contribution in [3.63, 3.8) is 0 Å². The quantitative estimate of drug-likeness (QED) is 0.581. The number of nitrogens with one attached hydrogen (secondary N) is 1. The van der Waals surface area contributed by atoms with E-state index >= 15 is 0 Å². The van der Waals surface area contributed by atoms with E-state index in [9.17, 15) is 4.79 Å². The predicted octanol–water partition coefficient (Wildman–Crippen LogP) is 4.29. The predicted molar refractivity (Wildman–Crippen MR) is 109 cm³/mol. The maximum atomic E-state index is 12.1. The maximum absolute atomic E-state index is 12.1. The monoisotopic (exact) mass is 389 g/mol. The van der Waals surface area contributed by atoms with Crippen LogP contribution < -0.4 is 19.5 Å². The van der Waals surface area contributed by atoms with E-state index in [1.54, 1.807) is 26.0 Å². The number of carbonyl (C=O) groups excluding carboxylic acids is 1. The van der Waals surface area contributed by atoms with Crippen LogP contribution in [0.1, 0.15) is 25.3 Å². The van der Waals surface area contributed by atoms with Gasteiger partial charge in [-0.1, -0.05) is 13.0 Å². The van der Waals surface area contributed by atoms with Crippen molar-refractivity contribution >= 4 is 17.7 Å². The maximum Gasteiger partial charge on any atom is 0.221 e. The highest BCUT2D eigenvalue weighted by Gasteiger charge is 2.07. The van der Waals surface area contributed by atoms with Crippen molar-refractivity contribution in [2.45, 2.75) is 31.2 Å². The Kier molecular flexibility index (Phi) is 8.84. The molecule has 2 rings (SSSR count). The van der Waals surface area contributed by atoms with Crippen LogP contribution in [0, 0.1) is 0 Å². The SMILES string of the molecule is CCCOc1ccc(CNC(=O)CCSc2ccc(OC)cc2)cc1OC. The number of amides is 1. The summed E-state index contributed by atoms with van der Waals surface area (Å²) in [6, 6.07) is 13.6. The minimum Gasteiger partial charge on any atom is -0.497 e. The zero-order chi connectivity index (χ0) is 19.5. The standard InChI is InChI=1S/C21H27NO4S/c1-4-12-26-19-10-5-16(14-20(19)25-3)15-22-21(23)11-13-27-18-8-6-17(24-2)7-9-18/h5-10,14H,4,11-13,15H2,1-3H3,(H,22,23). The Bertz CT molecular complexity index is 719. The second-order valence-corrected chi connectivity index (χ2v) is 7.05. The lowest BCUT2D eigenvalue weighted by atomic mass is 10.2. The molecule has 0 bridgehead atoms. The van der Waals surface area contributed by atoms with Gasteiger partial charge in [-0.25, -0.2) is 0 Å². The lowest BCUT2D eigenvalue weighted by Gasteiger charge is -2.12. The summed E-state index contributed by atoms with van der Waals surface area (Å²) in [5.74, 6) is 3.00. The summed E-state index contributed by atoms with van der Waals surface area (Å²) in [4.78, 5) is 13.2. The van der Waals surface area contributed by atoms with Crippen LogP contribution in [0.15, 0.2) is 47.4 Å². The van der Waals surface area contributed by atoms with Crippen LogP contribution in [0.2, 0.25) is 0 Å². The van der Waals surface area contributed by atoms with E-state index in [2.05, 4.69) is 12.2 Å². The second-order valence-electron chi connectivity index (χ2n) is 5.88. The first kappa shape index (κ1) is 21.0. The van der Waals surface area contributed by atoms with Gasteiger partial charge in [0.2, 0.25) is 5.91 Å². The molecule has 0 aliphatic carbocycles. The highest BCUT2D eigenvalue weighted by atomic mass is 32.2. The normalized spacial score (nSPS) is 10.3. The molecule has 0 aliphatic heterocycles.